The van der Waals surface area contributed by atoms with Crippen LogP contribution in [0.15, 0.2) is 42.5 Å². The van der Waals surface area contributed by atoms with Crippen LogP contribution in [0, 0.1) is 6.92 Å². The van der Waals surface area contributed by atoms with E-state index in [1.165, 1.54) is 16.7 Å². The van der Waals surface area contributed by atoms with Crippen LogP contribution in [0.3, 0.4) is 0 Å². The summed E-state index contributed by atoms with van der Waals surface area (Å²) in [5, 5.41) is 9.96. The normalized spacial score (nSPS) is 11.9. The highest BCUT2D eigenvalue weighted by molar-refractivity contribution is 5.93. The molecule has 0 atom stereocenters. The van der Waals surface area contributed by atoms with E-state index in [0.717, 1.165) is 36.8 Å². The minimum atomic E-state index is -0.0809. The van der Waals surface area contributed by atoms with Gasteiger partial charge in [0, 0.05) is 11.8 Å². The molecule has 28 heavy (non-hydrogen) atoms. The van der Waals surface area contributed by atoms with Gasteiger partial charge in [0.25, 0.3) is 0 Å². The fourth-order valence-electron chi connectivity index (χ4n) is 4.04. The summed E-state index contributed by atoms with van der Waals surface area (Å²) in [5.41, 5.74) is 5.82. The van der Waals surface area contributed by atoms with Crippen molar-refractivity contribution in [3.05, 3.63) is 70.3 Å². The molecule has 0 aliphatic carbocycles. The van der Waals surface area contributed by atoms with Crippen molar-refractivity contribution in [2.24, 2.45) is 0 Å². The Morgan fingerprint density at radius 1 is 1.00 bits per heavy atom. The number of phenolic OH excluding ortho intramolecular Hbond substituents is 1. The van der Waals surface area contributed by atoms with Crippen LogP contribution in [0.4, 0.5) is 0 Å². The van der Waals surface area contributed by atoms with Crippen LogP contribution >= 0.6 is 0 Å². The lowest BCUT2D eigenvalue weighted by Crippen LogP contribution is -2.26. The molecule has 150 valence electrons. The first kappa shape index (κ1) is 21.9. The Labute approximate surface area is 170 Å². The summed E-state index contributed by atoms with van der Waals surface area (Å²) in [6.45, 7) is 10.5. The third-order valence-electron chi connectivity index (χ3n) is 5.97. The maximum absolute atomic E-state index is 11.7. The van der Waals surface area contributed by atoms with E-state index in [-0.39, 0.29) is 11.2 Å². The van der Waals surface area contributed by atoms with Gasteiger partial charge >= 0.3 is 0 Å². The van der Waals surface area contributed by atoms with Gasteiger partial charge < -0.3 is 5.11 Å². The minimum absolute atomic E-state index is 0.0809. The molecule has 0 amide bonds. The Balaban J connectivity index is 2.58. The molecule has 2 aromatic carbocycles. The minimum Gasteiger partial charge on any atom is -0.508 e. The first-order chi connectivity index (χ1) is 13.4. The first-order valence-corrected chi connectivity index (χ1v) is 10.6. The lowest BCUT2D eigenvalue weighted by atomic mass is 9.69. The third kappa shape index (κ3) is 4.55. The number of carbonyl (C=O) groups excluding carboxylic acids is 1. The first-order valence-electron chi connectivity index (χ1n) is 10.6. The summed E-state index contributed by atoms with van der Waals surface area (Å²) in [5.74, 6) is 0.500. The molecule has 0 heterocycles. The molecule has 0 aliphatic rings. The highest BCUT2D eigenvalue weighted by Crippen LogP contribution is 2.41. The largest absolute Gasteiger partial charge is 0.508 e. The summed E-state index contributed by atoms with van der Waals surface area (Å²) < 4.78 is 0. The van der Waals surface area contributed by atoms with Crippen LogP contribution in [0.25, 0.3) is 6.08 Å². The van der Waals surface area contributed by atoms with Gasteiger partial charge in [-0.25, -0.2) is 0 Å². The molecule has 0 saturated heterocycles. The Bertz CT molecular complexity index is 842. The highest BCUT2D eigenvalue weighted by Gasteiger charge is 2.31. The Morgan fingerprint density at radius 2 is 1.64 bits per heavy atom. The standard InChI is InChI=1S/C26H34O2/c1-6-10-21-18-23(13-11-20(21)12-15-24(27)7-2)26(8-3,9-4)22-14-16-25(28)19(5)17-22/h11-18,28H,6-10H2,1-5H3/b15-12+. The molecule has 0 aliphatic heterocycles. The molecular weight excluding hydrogens is 344 g/mol. The van der Waals surface area contributed by atoms with E-state index < -0.39 is 0 Å². The SMILES string of the molecule is CCCc1cc(C(CC)(CC)c2ccc(O)c(C)c2)ccc1/C=C/C(=O)CC. The number of hydrogen-bond donors (Lipinski definition) is 1. The molecule has 2 nitrogen and oxygen atoms in total. The van der Waals surface area contributed by atoms with Crippen molar-refractivity contribution in [3.63, 3.8) is 0 Å². The summed E-state index contributed by atoms with van der Waals surface area (Å²) in [7, 11) is 0. The van der Waals surface area contributed by atoms with Crippen LogP contribution in [-0.2, 0) is 16.6 Å². The number of allylic oxidation sites excluding steroid dienone is 1. The van der Waals surface area contributed by atoms with Crippen LogP contribution in [0.2, 0.25) is 0 Å². The number of phenols is 1. The molecule has 2 rings (SSSR count). The number of hydrogen-bond acceptors (Lipinski definition) is 2. The predicted molar refractivity (Wildman–Crippen MR) is 119 cm³/mol. The Kier molecular flexibility index (Phi) is 7.62. The molecule has 0 saturated carbocycles. The Morgan fingerprint density at radius 3 is 2.21 bits per heavy atom. The van der Waals surface area contributed by atoms with E-state index in [1.807, 2.05) is 26.0 Å². The van der Waals surface area contributed by atoms with Gasteiger partial charge in [-0.1, -0.05) is 70.5 Å². The fraction of sp³-hybridized carbons (Fsp3) is 0.423. The van der Waals surface area contributed by atoms with E-state index in [2.05, 4.69) is 51.1 Å². The molecule has 0 aromatic heterocycles. The number of carbonyl (C=O) groups is 1. The van der Waals surface area contributed by atoms with E-state index in [0.29, 0.717) is 12.2 Å². The summed E-state index contributed by atoms with van der Waals surface area (Å²) >= 11 is 0. The molecule has 1 N–H and O–H groups in total. The maximum Gasteiger partial charge on any atom is 0.155 e. The zero-order valence-electron chi connectivity index (χ0n) is 18.0. The van der Waals surface area contributed by atoms with Gasteiger partial charge in [0.2, 0.25) is 0 Å². The molecule has 0 bridgehead atoms. The van der Waals surface area contributed by atoms with Gasteiger partial charge in [-0.3, -0.25) is 4.79 Å². The van der Waals surface area contributed by atoms with Crippen molar-refractivity contribution in [3.8, 4) is 5.75 Å². The number of aromatic hydroxyl groups is 1. The van der Waals surface area contributed by atoms with Gasteiger partial charge in [-0.15, -0.1) is 0 Å². The van der Waals surface area contributed by atoms with E-state index in [9.17, 15) is 9.90 Å². The van der Waals surface area contributed by atoms with Crippen LogP contribution < -0.4 is 0 Å². The number of ketones is 1. The molecule has 2 heteroatoms. The zero-order valence-corrected chi connectivity index (χ0v) is 18.0. The predicted octanol–water partition coefficient (Wildman–Crippen LogP) is 6.75. The quantitative estimate of drug-likeness (QED) is 0.490. The van der Waals surface area contributed by atoms with E-state index in [4.69, 9.17) is 0 Å². The smallest absolute Gasteiger partial charge is 0.155 e. The van der Waals surface area contributed by atoms with Crippen molar-refractivity contribution in [1.82, 2.24) is 0 Å². The molecule has 0 radical (unpaired) electrons. The lowest BCUT2D eigenvalue weighted by Gasteiger charge is -2.34. The van der Waals surface area contributed by atoms with Crippen LogP contribution in [-0.4, -0.2) is 10.9 Å². The molecular formula is C26H34O2. The average Bonchev–Trinajstić information content (AvgIpc) is 2.71. The van der Waals surface area contributed by atoms with E-state index in [1.54, 1.807) is 6.08 Å². The second-order valence-electron chi connectivity index (χ2n) is 7.61. The van der Waals surface area contributed by atoms with Gasteiger partial charge in [-0.2, -0.15) is 0 Å². The average molecular weight is 379 g/mol. The summed E-state index contributed by atoms with van der Waals surface area (Å²) in [6.07, 6.45) is 8.23. The Hall–Kier alpha value is -2.35. The number of benzene rings is 2. The fourth-order valence-corrected chi connectivity index (χ4v) is 4.04. The van der Waals surface area contributed by atoms with Gasteiger partial charge in [0.1, 0.15) is 5.75 Å². The van der Waals surface area contributed by atoms with Crippen LogP contribution in [0.5, 0.6) is 5.75 Å². The van der Waals surface area contributed by atoms with Gasteiger partial charge in [0.15, 0.2) is 5.78 Å². The van der Waals surface area contributed by atoms with Crippen LogP contribution in [0.1, 0.15) is 81.2 Å². The molecule has 2 aromatic rings. The third-order valence-corrected chi connectivity index (χ3v) is 5.97. The summed E-state index contributed by atoms with van der Waals surface area (Å²) in [6, 6.07) is 12.7. The van der Waals surface area contributed by atoms with Gasteiger partial charge in [0.05, 0.1) is 0 Å². The lowest BCUT2D eigenvalue weighted by molar-refractivity contribution is -0.114. The van der Waals surface area contributed by atoms with Crippen molar-refractivity contribution >= 4 is 11.9 Å². The number of rotatable bonds is 9. The van der Waals surface area contributed by atoms with Crippen molar-refractivity contribution in [1.29, 1.82) is 0 Å². The second-order valence-corrected chi connectivity index (χ2v) is 7.61. The van der Waals surface area contributed by atoms with Crippen molar-refractivity contribution in [2.75, 3.05) is 0 Å². The topological polar surface area (TPSA) is 37.3 Å². The second kappa shape index (κ2) is 9.73. The van der Waals surface area contributed by atoms with Crippen molar-refractivity contribution < 1.29 is 9.90 Å². The highest BCUT2D eigenvalue weighted by atomic mass is 16.3. The zero-order chi connectivity index (χ0) is 20.7. The molecule has 0 fully saturated rings. The van der Waals surface area contributed by atoms with Crippen molar-refractivity contribution in [2.45, 2.75) is 72.1 Å². The van der Waals surface area contributed by atoms with E-state index >= 15 is 0 Å². The monoisotopic (exact) mass is 378 g/mol. The molecule has 0 unspecified atom stereocenters. The summed E-state index contributed by atoms with van der Waals surface area (Å²) in [4.78, 5) is 11.7. The molecule has 0 spiro atoms. The maximum atomic E-state index is 11.7. The van der Waals surface area contributed by atoms with Gasteiger partial charge in [-0.05, 0) is 66.1 Å². The number of aryl methyl sites for hydroxylation is 2.